The summed E-state index contributed by atoms with van der Waals surface area (Å²) in [5, 5.41) is 12.4. The molecule has 1 atom stereocenters. The lowest BCUT2D eigenvalue weighted by molar-refractivity contribution is -0.149. The van der Waals surface area contributed by atoms with Gasteiger partial charge in [0.1, 0.15) is 12.4 Å². The van der Waals surface area contributed by atoms with Crippen molar-refractivity contribution in [3.8, 4) is 5.75 Å². The highest BCUT2D eigenvalue weighted by Gasteiger charge is 2.19. The molecule has 1 aliphatic carbocycles. The van der Waals surface area contributed by atoms with Gasteiger partial charge in [0.05, 0.1) is 6.54 Å². The second kappa shape index (κ2) is 15.3. The highest BCUT2D eigenvalue weighted by Crippen LogP contribution is 2.27. The number of hydrogen-bond acceptors (Lipinski definition) is 4. The van der Waals surface area contributed by atoms with Crippen molar-refractivity contribution in [1.82, 2.24) is 4.90 Å². The first-order valence-corrected chi connectivity index (χ1v) is 13.6. The number of ether oxygens (including phenoxy) is 2. The molecular formula is C30H42N2O5. The van der Waals surface area contributed by atoms with Gasteiger partial charge >= 0.3 is 12.0 Å². The predicted molar refractivity (Wildman–Crippen MR) is 146 cm³/mol. The maximum atomic E-state index is 13.1. The summed E-state index contributed by atoms with van der Waals surface area (Å²) in [5.74, 6) is 0.511. The molecule has 0 aliphatic heterocycles. The van der Waals surface area contributed by atoms with Gasteiger partial charge < -0.3 is 24.8 Å². The number of para-hydroxylation sites is 1. The molecule has 2 amide bonds. The molecule has 0 spiro atoms. The molecule has 2 N–H and O–H groups in total. The van der Waals surface area contributed by atoms with Crippen LogP contribution in [0.1, 0.15) is 63.0 Å². The molecule has 0 saturated heterocycles. The van der Waals surface area contributed by atoms with Gasteiger partial charge in [0.2, 0.25) is 0 Å². The van der Waals surface area contributed by atoms with Crippen LogP contribution in [-0.2, 0) is 16.0 Å². The zero-order valence-corrected chi connectivity index (χ0v) is 22.3. The molecule has 0 aromatic heterocycles. The van der Waals surface area contributed by atoms with Crippen LogP contribution < -0.4 is 10.1 Å². The Morgan fingerprint density at radius 3 is 2.46 bits per heavy atom. The molecule has 7 heteroatoms. The number of anilines is 1. The zero-order valence-electron chi connectivity index (χ0n) is 22.3. The molecule has 3 rings (SSSR count). The fourth-order valence-electron chi connectivity index (χ4n) is 4.90. The highest BCUT2D eigenvalue weighted by atomic mass is 16.5. The molecule has 1 saturated carbocycles. The first kappa shape index (κ1) is 28.5. The van der Waals surface area contributed by atoms with Gasteiger partial charge in [-0.15, -0.1) is 0 Å². The molecule has 1 aliphatic rings. The van der Waals surface area contributed by atoms with Gasteiger partial charge in [-0.3, -0.25) is 0 Å². The van der Waals surface area contributed by atoms with Crippen molar-refractivity contribution in [2.75, 3.05) is 31.6 Å². The van der Waals surface area contributed by atoms with Crippen LogP contribution in [0.5, 0.6) is 5.75 Å². The smallest absolute Gasteiger partial charge is 0.333 e. The monoisotopic (exact) mass is 510 g/mol. The Bertz CT molecular complexity index is 972. The van der Waals surface area contributed by atoms with Crippen LogP contribution in [0.2, 0.25) is 0 Å². The van der Waals surface area contributed by atoms with E-state index in [1.165, 1.54) is 32.1 Å². The number of nitrogens with zero attached hydrogens (tertiary/aromatic N) is 1. The summed E-state index contributed by atoms with van der Waals surface area (Å²) < 4.78 is 11.2. The number of aryl methyl sites for hydroxylation is 1. The molecule has 7 nitrogen and oxygen atoms in total. The Kier molecular flexibility index (Phi) is 11.8. The maximum absolute atomic E-state index is 13.1. The van der Waals surface area contributed by atoms with Gasteiger partial charge in [0.15, 0.2) is 6.10 Å². The Hall–Kier alpha value is -3.06. The van der Waals surface area contributed by atoms with Gasteiger partial charge in [-0.05, 0) is 61.9 Å². The van der Waals surface area contributed by atoms with Crippen LogP contribution in [0.15, 0.2) is 48.5 Å². The number of carboxylic acid groups (broad SMARTS) is 1. The fraction of sp³-hybridized carbons (Fsp3) is 0.533. The van der Waals surface area contributed by atoms with Crippen LogP contribution in [0, 0.1) is 12.8 Å². The number of hydrogen-bond donors (Lipinski definition) is 2. The summed E-state index contributed by atoms with van der Waals surface area (Å²) in [6.07, 6.45) is 8.24. The van der Waals surface area contributed by atoms with E-state index in [9.17, 15) is 14.7 Å². The van der Waals surface area contributed by atoms with Gasteiger partial charge in [0, 0.05) is 25.3 Å². The average Bonchev–Trinajstić information content (AvgIpc) is 2.90. The third-order valence-corrected chi connectivity index (χ3v) is 7.06. The number of amides is 2. The Morgan fingerprint density at radius 2 is 1.78 bits per heavy atom. The first-order chi connectivity index (χ1) is 18.0. The van der Waals surface area contributed by atoms with Gasteiger partial charge in [-0.1, -0.05) is 62.4 Å². The summed E-state index contributed by atoms with van der Waals surface area (Å²) in [6, 6.07) is 15.1. The average molecular weight is 511 g/mol. The van der Waals surface area contributed by atoms with E-state index in [2.05, 4.69) is 5.32 Å². The number of carbonyl (C=O) groups excluding carboxylic acids is 1. The summed E-state index contributed by atoms with van der Waals surface area (Å²) in [6.45, 7) is 5.68. The van der Waals surface area contributed by atoms with E-state index in [0.29, 0.717) is 38.5 Å². The lowest BCUT2D eigenvalue weighted by Gasteiger charge is -2.26. The van der Waals surface area contributed by atoms with Crippen molar-refractivity contribution in [2.24, 2.45) is 5.92 Å². The summed E-state index contributed by atoms with van der Waals surface area (Å²) in [5.41, 5.74) is 2.73. The first-order valence-electron chi connectivity index (χ1n) is 13.6. The number of carbonyl (C=O) groups is 2. The predicted octanol–water partition coefficient (Wildman–Crippen LogP) is 6.30. The highest BCUT2D eigenvalue weighted by molar-refractivity contribution is 5.90. The van der Waals surface area contributed by atoms with Crippen LogP contribution in [0.25, 0.3) is 0 Å². The Morgan fingerprint density at radius 1 is 1.05 bits per heavy atom. The van der Waals surface area contributed by atoms with Crippen molar-refractivity contribution in [1.29, 1.82) is 0 Å². The van der Waals surface area contributed by atoms with Crippen molar-refractivity contribution in [3.05, 3.63) is 59.7 Å². The largest absolute Gasteiger partial charge is 0.492 e. The normalized spacial score (nSPS) is 14.6. The number of carboxylic acids is 1. The quantitative estimate of drug-likeness (QED) is 0.311. The van der Waals surface area contributed by atoms with Crippen molar-refractivity contribution < 1.29 is 24.2 Å². The van der Waals surface area contributed by atoms with Crippen LogP contribution in [0.3, 0.4) is 0 Å². The fourth-order valence-corrected chi connectivity index (χ4v) is 4.90. The summed E-state index contributed by atoms with van der Waals surface area (Å²) in [7, 11) is 0. The van der Waals surface area contributed by atoms with Crippen LogP contribution in [0.4, 0.5) is 10.5 Å². The molecule has 0 bridgehead atoms. The second-order valence-electron chi connectivity index (χ2n) is 9.86. The molecule has 0 heterocycles. The molecular weight excluding hydrogens is 468 g/mol. The van der Waals surface area contributed by atoms with E-state index in [4.69, 9.17) is 9.47 Å². The maximum Gasteiger partial charge on any atom is 0.333 e. The summed E-state index contributed by atoms with van der Waals surface area (Å²) >= 11 is 0. The molecule has 202 valence electrons. The molecule has 0 radical (unpaired) electrons. The molecule has 2 aromatic carbocycles. The van der Waals surface area contributed by atoms with E-state index in [1.54, 1.807) is 6.92 Å². The van der Waals surface area contributed by atoms with Crippen molar-refractivity contribution >= 4 is 17.7 Å². The summed E-state index contributed by atoms with van der Waals surface area (Å²) in [4.78, 5) is 26.3. The Labute approximate surface area is 221 Å². The minimum Gasteiger partial charge on any atom is -0.492 e. The van der Waals surface area contributed by atoms with E-state index >= 15 is 0 Å². The van der Waals surface area contributed by atoms with Crippen LogP contribution in [-0.4, -0.2) is 54.4 Å². The van der Waals surface area contributed by atoms with Crippen LogP contribution >= 0.6 is 0 Å². The second-order valence-corrected chi connectivity index (χ2v) is 9.86. The van der Waals surface area contributed by atoms with E-state index in [0.717, 1.165) is 35.6 Å². The Balaban J connectivity index is 1.53. The molecule has 2 aromatic rings. The third kappa shape index (κ3) is 9.73. The number of nitrogens with one attached hydrogen (secondary N) is 1. The van der Waals surface area contributed by atoms with E-state index in [-0.39, 0.29) is 6.03 Å². The minimum atomic E-state index is -0.963. The van der Waals surface area contributed by atoms with Crippen molar-refractivity contribution in [3.63, 3.8) is 0 Å². The minimum absolute atomic E-state index is 0.104. The number of urea groups is 1. The zero-order chi connectivity index (χ0) is 26.5. The van der Waals surface area contributed by atoms with E-state index < -0.39 is 12.1 Å². The van der Waals surface area contributed by atoms with E-state index in [1.807, 2.05) is 60.4 Å². The third-order valence-electron chi connectivity index (χ3n) is 7.06. The number of benzene rings is 2. The molecule has 37 heavy (non-hydrogen) atoms. The van der Waals surface area contributed by atoms with Gasteiger partial charge in [-0.2, -0.15) is 0 Å². The van der Waals surface area contributed by atoms with Gasteiger partial charge in [-0.25, -0.2) is 9.59 Å². The molecule has 1 unspecified atom stereocenters. The molecule has 1 fully saturated rings. The standard InChI is InChI=1S/C30H42N2O5/c1-3-36-28(29(33)34)22-25-15-17-26(18-16-25)37-21-20-32(19-9-13-24-11-5-4-6-12-24)30(35)31-27-14-8-7-10-23(27)2/h7-8,10,14-18,24,28H,3-6,9,11-13,19-22H2,1-2H3,(H,31,35)(H,33,34). The number of aliphatic carboxylic acids is 1. The SMILES string of the molecule is CCOC(Cc1ccc(OCCN(CCCC2CCCCC2)C(=O)Nc2ccccc2C)cc1)C(=O)O. The van der Waals surface area contributed by atoms with Crippen molar-refractivity contribution in [2.45, 2.75) is 71.3 Å². The number of rotatable bonds is 14. The topological polar surface area (TPSA) is 88.1 Å². The lowest BCUT2D eigenvalue weighted by atomic mass is 9.86. The lowest BCUT2D eigenvalue weighted by Crippen LogP contribution is -2.39. The van der Waals surface area contributed by atoms with Gasteiger partial charge in [0.25, 0.3) is 0 Å².